The molecule has 0 unspecified atom stereocenters. The van der Waals surface area contributed by atoms with Crippen molar-refractivity contribution in [2.24, 2.45) is 5.10 Å². The molecule has 0 saturated heterocycles. The summed E-state index contributed by atoms with van der Waals surface area (Å²) in [6.07, 6.45) is 22.1. The van der Waals surface area contributed by atoms with E-state index in [1.54, 1.807) is 13.3 Å². The summed E-state index contributed by atoms with van der Waals surface area (Å²) < 4.78 is 5.26. The molecular weight excluding hydrogens is 372 g/mol. The zero-order chi connectivity index (χ0) is 21.7. The average Bonchev–Trinajstić information content (AvgIpc) is 2.76. The van der Waals surface area contributed by atoms with E-state index < -0.39 is 0 Å². The average molecular weight is 417 g/mol. The van der Waals surface area contributed by atoms with E-state index in [0.29, 0.717) is 6.42 Å². The Labute approximate surface area is 184 Å². The molecule has 0 saturated carbocycles. The number of unbranched alkanes of at least 4 members (excludes halogenated alkanes) is 14. The van der Waals surface area contributed by atoms with Gasteiger partial charge in [-0.3, -0.25) is 4.79 Å². The number of rotatable bonds is 19. The lowest BCUT2D eigenvalue weighted by Crippen LogP contribution is -2.16. The van der Waals surface area contributed by atoms with Crippen molar-refractivity contribution in [3.05, 3.63) is 29.8 Å². The maximum absolute atomic E-state index is 11.9. The lowest BCUT2D eigenvalue weighted by Gasteiger charge is -2.04. The predicted molar refractivity (Wildman–Crippen MR) is 128 cm³/mol. The number of hydrogen-bond donors (Lipinski definition) is 1. The van der Waals surface area contributed by atoms with Gasteiger partial charge in [-0.1, -0.05) is 109 Å². The highest BCUT2D eigenvalue weighted by Gasteiger charge is 2.01. The smallest absolute Gasteiger partial charge is 0.240 e. The number of carbonyl (C=O) groups is 1. The number of amides is 1. The molecular formula is C26H44N2O2. The van der Waals surface area contributed by atoms with Crippen LogP contribution in [0.25, 0.3) is 0 Å². The van der Waals surface area contributed by atoms with Crippen LogP contribution >= 0.6 is 0 Å². The Bertz CT molecular complexity index is 572. The van der Waals surface area contributed by atoms with Gasteiger partial charge in [-0.15, -0.1) is 0 Å². The Balaban J connectivity index is 1.88. The van der Waals surface area contributed by atoms with Gasteiger partial charge in [-0.2, -0.15) is 5.10 Å². The quantitative estimate of drug-likeness (QED) is 0.145. The van der Waals surface area contributed by atoms with Crippen molar-refractivity contribution < 1.29 is 9.53 Å². The first kappa shape index (κ1) is 26.2. The molecule has 1 rings (SSSR count). The first-order valence-corrected chi connectivity index (χ1v) is 12.2. The van der Waals surface area contributed by atoms with E-state index in [1.165, 1.54) is 83.5 Å². The van der Waals surface area contributed by atoms with Crippen LogP contribution in [0.4, 0.5) is 0 Å². The Kier molecular flexibility index (Phi) is 16.7. The number of methoxy groups -OCH3 is 1. The summed E-state index contributed by atoms with van der Waals surface area (Å²) in [5, 5.41) is 4.03. The maximum Gasteiger partial charge on any atom is 0.240 e. The van der Waals surface area contributed by atoms with E-state index in [0.717, 1.165) is 24.2 Å². The molecule has 0 aliphatic heterocycles. The van der Waals surface area contributed by atoms with Crippen LogP contribution in [0.2, 0.25) is 0 Å². The summed E-state index contributed by atoms with van der Waals surface area (Å²) in [4.78, 5) is 11.9. The van der Waals surface area contributed by atoms with Crippen molar-refractivity contribution in [1.29, 1.82) is 0 Å². The van der Waals surface area contributed by atoms with E-state index in [1.807, 2.05) is 24.3 Å². The summed E-state index contributed by atoms with van der Waals surface area (Å²) in [5.41, 5.74) is 3.46. The van der Waals surface area contributed by atoms with Crippen LogP contribution in [0.15, 0.2) is 29.4 Å². The molecule has 4 nitrogen and oxygen atoms in total. The zero-order valence-corrected chi connectivity index (χ0v) is 19.5. The van der Waals surface area contributed by atoms with Crippen LogP contribution < -0.4 is 10.2 Å². The van der Waals surface area contributed by atoms with Gasteiger partial charge in [0.25, 0.3) is 0 Å². The van der Waals surface area contributed by atoms with Gasteiger partial charge in [0.1, 0.15) is 5.75 Å². The van der Waals surface area contributed by atoms with E-state index in [2.05, 4.69) is 17.5 Å². The van der Waals surface area contributed by atoms with Gasteiger partial charge in [0.05, 0.1) is 13.3 Å². The molecule has 0 aliphatic carbocycles. The van der Waals surface area contributed by atoms with Gasteiger partial charge >= 0.3 is 0 Å². The molecule has 0 spiro atoms. The molecule has 0 fully saturated rings. The van der Waals surface area contributed by atoms with Crippen molar-refractivity contribution in [2.75, 3.05) is 7.11 Å². The van der Waals surface area contributed by atoms with Crippen molar-refractivity contribution in [3.8, 4) is 5.75 Å². The second kappa shape index (κ2) is 19.1. The number of benzene rings is 1. The molecule has 4 heteroatoms. The summed E-state index contributed by atoms with van der Waals surface area (Å²) in [6, 6.07) is 7.61. The third-order valence-corrected chi connectivity index (χ3v) is 5.54. The van der Waals surface area contributed by atoms with Crippen LogP contribution in [0, 0.1) is 0 Å². The number of hydrogen-bond acceptors (Lipinski definition) is 3. The summed E-state index contributed by atoms with van der Waals surface area (Å²) >= 11 is 0. The fraction of sp³-hybridized carbons (Fsp3) is 0.692. The standard InChI is InChI=1S/C26H44N2O2/c1-3-4-5-6-7-8-9-10-11-12-13-14-15-16-17-22-26(29)28-27-23-24-20-18-19-21-25(24)30-2/h18-21,23H,3-17,22H2,1-2H3,(H,28,29)/b27-23+. The van der Waals surface area contributed by atoms with Crippen molar-refractivity contribution >= 4 is 12.1 Å². The van der Waals surface area contributed by atoms with E-state index >= 15 is 0 Å². The number of nitrogens with one attached hydrogen (secondary N) is 1. The second-order valence-corrected chi connectivity index (χ2v) is 8.23. The SMILES string of the molecule is CCCCCCCCCCCCCCCCCC(=O)N/N=C/c1ccccc1OC. The molecule has 1 amide bonds. The lowest BCUT2D eigenvalue weighted by atomic mass is 10.0. The molecule has 0 aliphatic rings. The topological polar surface area (TPSA) is 50.7 Å². The normalized spacial score (nSPS) is 11.1. The molecule has 0 atom stereocenters. The fourth-order valence-electron chi connectivity index (χ4n) is 3.66. The van der Waals surface area contributed by atoms with Crippen LogP contribution in [0.5, 0.6) is 5.75 Å². The molecule has 1 aromatic carbocycles. The third-order valence-electron chi connectivity index (χ3n) is 5.54. The van der Waals surface area contributed by atoms with Crippen molar-refractivity contribution in [1.82, 2.24) is 5.43 Å². The van der Waals surface area contributed by atoms with E-state index in [9.17, 15) is 4.79 Å². The Hall–Kier alpha value is -1.84. The lowest BCUT2D eigenvalue weighted by molar-refractivity contribution is -0.121. The minimum absolute atomic E-state index is 0.0177. The molecule has 0 bridgehead atoms. The summed E-state index contributed by atoms with van der Waals surface area (Å²) in [7, 11) is 1.63. The number of para-hydroxylation sites is 1. The molecule has 0 heterocycles. The molecule has 1 N–H and O–H groups in total. The van der Waals surface area contributed by atoms with Gasteiger partial charge in [0.15, 0.2) is 0 Å². The molecule has 0 aromatic heterocycles. The monoisotopic (exact) mass is 416 g/mol. The Morgan fingerprint density at radius 1 is 0.833 bits per heavy atom. The van der Waals surface area contributed by atoms with Gasteiger partial charge < -0.3 is 4.74 Å². The van der Waals surface area contributed by atoms with Gasteiger partial charge in [-0.05, 0) is 18.6 Å². The highest BCUT2D eigenvalue weighted by atomic mass is 16.5. The van der Waals surface area contributed by atoms with Crippen molar-refractivity contribution in [2.45, 2.75) is 110 Å². The van der Waals surface area contributed by atoms with Gasteiger partial charge in [-0.25, -0.2) is 5.43 Å². The van der Waals surface area contributed by atoms with Crippen LogP contribution in [-0.2, 0) is 4.79 Å². The first-order chi connectivity index (χ1) is 14.8. The van der Waals surface area contributed by atoms with Gasteiger partial charge in [0, 0.05) is 12.0 Å². The number of nitrogens with zero attached hydrogens (tertiary/aromatic N) is 1. The van der Waals surface area contributed by atoms with Crippen molar-refractivity contribution in [3.63, 3.8) is 0 Å². The second-order valence-electron chi connectivity index (χ2n) is 8.23. The summed E-state index contributed by atoms with van der Waals surface area (Å²) in [5.74, 6) is 0.730. The minimum atomic E-state index is -0.0177. The molecule has 30 heavy (non-hydrogen) atoms. The number of ether oxygens (including phenoxy) is 1. The van der Waals surface area contributed by atoms with Crippen LogP contribution in [0.1, 0.15) is 115 Å². The fourth-order valence-corrected chi connectivity index (χ4v) is 3.66. The van der Waals surface area contributed by atoms with Crippen LogP contribution in [-0.4, -0.2) is 19.2 Å². The highest BCUT2D eigenvalue weighted by Crippen LogP contribution is 2.15. The van der Waals surface area contributed by atoms with Crippen LogP contribution in [0.3, 0.4) is 0 Å². The largest absolute Gasteiger partial charge is 0.496 e. The first-order valence-electron chi connectivity index (χ1n) is 12.2. The van der Waals surface area contributed by atoms with Gasteiger partial charge in [0.2, 0.25) is 5.91 Å². The Morgan fingerprint density at radius 2 is 1.33 bits per heavy atom. The maximum atomic E-state index is 11.9. The molecule has 1 aromatic rings. The van der Waals surface area contributed by atoms with E-state index in [4.69, 9.17) is 4.74 Å². The highest BCUT2D eigenvalue weighted by molar-refractivity contribution is 5.85. The van der Waals surface area contributed by atoms with E-state index in [-0.39, 0.29) is 5.91 Å². The number of hydrazone groups is 1. The zero-order valence-electron chi connectivity index (χ0n) is 19.5. The summed E-state index contributed by atoms with van der Waals surface area (Å²) in [6.45, 7) is 2.28. The molecule has 170 valence electrons. The third kappa shape index (κ3) is 14.2. The molecule has 0 radical (unpaired) electrons. The minimum Gasteiger partial charge on any atom is -0.496 e. The Morgan fingerprint density at radius 3 is 1.87 bits per heavy atom. The number of carbonyl (C=O) groups excluding carboxylic acids is 1. The predicted octanol–water partition coefficient (Wildman–Crippen LogP) is 7.41.